The van der Waals surface area contributed by atoms with Gasteiger partial charge in [-0.3, -0.25) is 9.59 Å². The molecule has 2 aromatic rings. The van der Waals surface area contributed by atoms with E-state index in [0.717, 1.165) is 11.1 Å². The zero-order chi connectivity index (χ0) is 21.6. The van der Waals surface area contributed by atoms with Crippen LogP contribution in [0.2, 0.25) is 5.02 Å². The average Bonchev–Trinajstić information content (AvgIpc) is 2.61. The second kappa shape index (κ2) is 9.93. The van der Waals surface area contributed by atoms with E-state index >= 15 is 0 Å². The Morgan fingerprint density at radius 2 is 1.52 bits per heavy atom. The maximum absolute atomic E-state index is 12.2. The van der Waals surface area contributed by atoms with Crippen LogP contribution in [0, 0.1) is 13.8 Å². The van der Waals surface area contributed by atoms with Crippen LogP contribution in [0.25, 0.3) is 0 Å². The number of benzene rings is 2. The van der Waals surface area contributed by atoms with E-state index in [-0.39, 0.29) is 12.5 Å². The molecule has 0 unspecified atom stereocenters. The van der Waals surface area contributed by atoms with Crippen LogP contribution in [0.15, 0.2) is 36.4 Å². The number of esters is 1. The van der Waals surface area contributed by atoms with Crippen LogP contribution in [-0.2, 0) is 19.1 Å². The molecule has 1 atom stereocenters. The predicted octanol–water partition coefficient (Wildman–Crippen LogP) is 3.86. The fraction of sp³-hybridized carbons (Fsp3) is 0.286. The van der Waals surface area contributed by atoms with Crippen LogP contribution >= 0.6 is 11.6 Å². The molecule has 0 saturated heterocycles. The number of ether oxygens (including phenoxy) is 2. The number of halogens is 1. The summed E-state index contributed by atoms with van der Waals surface area (Å²) < 4.78 is 10.7. The largest absolute Gasteiger partial charge is 0.481 e. The number of hydrogen-bond donors (Lipinski definition) is 2. The van der Waals surface area contributed by atoms with E-state index in [1.54, 1.807) is 36.4 Å². The van der Waals surface area contributed by atoms with Gasteiger partial charge in [0.25, 0.3) is 5.91 Å². The van der Waals surface area contributed by atoms with Gasteiger partial charge in [-0.2, -0.15) is 0 Å². The third kappa shape index (κ3) is 6.80. The first-order chi connectivity index (χ1) is 13.7. The van der Waals surface area contributed by atoms with Crippen molar-refractivity contribution in [2.24, 2.45) is 0 Å². The Morgan fingerprint density at radius 3 is 2.03 bits per heavy atom. The Kier molecular flexibility index (Phi) is 7.61. The lowest BCUT2D eigenvalue weighted by atomic mass is 10.1. The van der Waals surface area contributed by atoms with Crippen LogP contribution in [-0.4, -0.2) is 30.5 Å². The molecule has 0 radical (unpaired) electrons. The van der Waals surface area contributed by atoms with Crippen LogP contribution in [0.1, 0.15) is 25.0 Å². The van der Waals surface area contributed by atoms with Gasteiger partial charge in [-0.1, -0.05) is 11.6 Å². The maximum atomic E-state index is 12.2. The van der Waals surface area contributed by atoms with Crippen molar-refractivity contribution in [3.63, 3.8) is 0 Å². The van der Waals surface area contributed by atoms with Crippen molar-refractivity contribution < 1.29 is 23.9 Å². The molecule has 2 amide bonds. The van der Waals surface area contributed by atoms with E-state index in [9.17, 15) is 14.4 Å². The van der Waals surface area contributed by atoms with Gasteiger partial charge in [-0.15, -0.1) is 0 Å². The number of carbonyl (C=O) groups is 3. The summed E-state index contributed by atoms with van der Waals surface area (Å²) >= 11 is 5.98. The first kappa shape index (κ1) is 22.2. The highest BCUT2D eigenvalue weighted by atomic mass is 35.5. The summed E-state index contributed by atoms with van der Waals surface area (Å²) in [5.41, 5.74) is 2.73. The van der Waals surface area contributed by atoms with Crippen molar-refractivity contribution in [3.05, 3.63) is 52.5 Å². The second-order valence-electron chi connectivity index (χ2n) is 6.54. The minimum Gasteiger partial charge on any atom is -0.481 e. The molecule has 0 bridgehead atoms. The van der Waals surface area contributed by atoms with Crippen molar-refractivity contribution >= 4 is 40.8 Å². The van der Waals surface area contributed by atoms with E-state index < -0.39 is 18.0 Å². The summed E-state index contributed by atoms with van der Waals surface area (Å²) in [6.07, 6.45) is -1.01. The zero-order valence-electron chi connectivity index (χ0n) is 16.7. The lowest BCUT2D eigenvalue weighted by Gasteiger charge is -2.15. The van der Waals surface area contributed by atoms with Crippen LogP contribution in [0.4, 0.5) is 11.4 Å². The minimum atomic E-state index is -1.01. The number of nitrogens with one attached hydrogen (secondary N) is 2. The normalized spacial score (nSPS) is 11.3. The molecule has 0 aliphatic rings. The molecule has 7 nitrogen and oxygen atoms in total. The Labute approximate surface area is 174 Å². The Hall–Kier alpha value is -3.06. The van der Waals surface area contributed by atoms with Crippen LogP contribution < -0.4 is 15.4 Å². The molecule has 29 heavy (non-hydrogen) atoms. The van der Waals surface area contributed by atoms with Gasteiger partial charge in [-0.05, 0) is 68.3 Å². The average molecular weight is 419 g/mol. The molecule has 0 fully saturated rings. The molecule has 0 saturated carbocycles. The smallest absolute Gasteiger partial charge is 0.344 e. The molecule has 2 N–H and O–H groups in total. The first-order valence-corrected chi connectivity index (χ1v) is 9.31. The van der Waals surface area contributed by atoms with Crippen molar-refractivity contribution in [1.29, 1.82) is 0 Å². The lowest BCUT2D eigenvalue weighted by molar-refractivity contribution is -0.155. The minimum absolute atomic E-state index is 0.187. The standard InChI is InChI=1S/C21H23ClN2O5/c1-12-9-16(22)10-13(2)20(12)28-11-19(26)29-14(3)21(27)24-18-7-5-17(6-8-18)23-15(4)25/h5-10,14H,11H2,1-4H3,(H,23,25)(H,24,27)/t14-/m0/s1. The Balaban J connectivity index is 1.86. The molecule has 0 aliphatic carbocycles. The third-order valence-corrected chi connectivity index (χ3v) is 4.13. The molecule has 8 heteroatoms. The maximum Gasteiger partial charge on any atom is 0.344 e. The van der Waals surface area contributed by atoms with Gasteiger partial charge in [0, 0.05) is 23.3 Å². The van der Waals surface area contributed by atoms with Crippen molar-refractivity contribution in [3.8, 4) is 5.75 Å². The molecule has 154 valence electrons. The number of carbonyl (C=O) groups excluding carboxylic acids is 3. The molecular formula is C21H23ClN2O5. The van der Waals surface area contributed by atoms with Gasteiger partial charge in [0.05, 0.1) is 0 Å². The fourth-order valence-corrected chi connectivity index (χ4v) is 2.95. The predicted molar refractivity (Wildman–Crippen MR) is 111 cm³/mol. The van der Waals surface area contributed by atoms with E-state index in [0.29, 0.717) is 22.1 Å². The van der Waals surface area contributed by atoms with Crippen molar-refractivity contribution in [1.82, 2.24) is 0 Å². The first-order valence-electron chi connectivity index (χ1n) is 8.93. The van der Waals surface area contributed by atoms with Gasteiger partial charge in [0.1, 0.15) is 5.75 Å². The highest BCUT2D eigenvalue weighted by Gasteiger charge is 2.19. The number of anilines is 2. The van der Waals surface area contributed by atoms with E-state index in [1.165, 1.54) is 13.8 Å². The molecule has 2 aromatic carbocycles. The molecule has 0 spiro atoms. The number of amides is 2. The highest BCUT2D eigenvalue weighted by Crippen LogP contribution is 2.27. The molecule has 0 heterocycles. The van der Waals surface area contributed by atoms with Gasteiger partial charge in [-0.25, -0.2) is 4.79 Å². The molecular weight excluding hydrogens is 396 g/mol. The summed E-state index contributed by atoms with van der Waals surface area (Å²) in [6.45, 7) is 6.20. The number of hydrogen-bond acceptors (Lipinski definition) is 5. The lowest BCUT2D eigenvalue weighted by Crippen LogP contribution is -2.31. The summed E-state index contributed by atoms with van der Waals surface area (Å²) in [5.74, 6) is -0.775. The highest BCUT2D eigenvalue weighted by molar-refractivity contribution is 6.30. The molecule has 0 aromatic heterocycles. The molecule has 2 rings (SSSR count). The van der Waals surface area contributed by atoms with E-state index in [1.807, 2.05) is 13.8 Å². The van der Waals surface area contributed by atoms with Crippen molar-refractivity contribution in [2.75, 3.05) is 17.2 Å². The Morgan fingerprint density at radius 1 is 1.00 bits per heavy atom. The second-order valence-corrected chi connectivity index (χ2v) is 6.97. The summed E-state index contributed by atoms with van der Waals surface area (Å²) in [5, 5.41) is 5.86. The summed E-state index contributed by atoms with van der Waals surface area (Å²) in [4.78, 5) is 35.3. The van der Waals surface area contributed by atoms with Crippen LogP contribution in [0.3, 0.4) is 0 Å². The fourth-order valence-electron chi connectivity index (χ4n) is 2.62. The SMILES string of the molecule is CC(=O)Nc1ccc(NC(=O)[C@H](C)OC(=O)COc2c(C)cc(Cl)cc2C)cc1. The van der Waals surface area contributed by atoms with E-state index in [2.05, 4.69) is 10.6 Å². The quantitative estimate of drug-likeness (QED) is 0.666. The van der Waals surface area contributed by atoms with Gasteiger partial charge in [0.15, 0.2) is 12.7 Å². The van der Waals surface area contributed by atoms with Gasteiger partial charge < -0.3 is 20.1 Å². The Bertz CT molecular complexity index is 889. The van der Waals surface area contributed by atoms with E-state index in [4.69, 9.17) is 21.1 Å². The van der Waals surface area contributed by atoms with Gasteiger partial charge in [0.2, 0.25) is 5.91 Å². The van der Waals surface area contributed by atoms with Gasteiger partial charge >= 0.3 is 5.97 Å². The van der Waals surface area contributed by atoms with Crippen molar-refractivity contribution in [2.45, 2.75) is 33.8 Å². The topological polar surface area (TPSA) is 93.7 Å². The molecule has 0 aliphatic heterocycles. The number of rotatable bonds is 7. The van der Waals surface area contributed by atoms with Crippen LogP contribution in [0.5, 0.6) is 5.75 Å². The number of aryl methyl sites for hydroxylation is 2. The summed E-state index contributed by atoms with van der Waals surface area (Å²) in [6, 6.07) is 10.0. The zero-order valence-corrected chi connectivity index (χ0v) is 17.4. The third-order valence-electron chi connectivity index (χ3n) is 3.91. The summed E-state index contributed by atoms with van der Waals surface area (Å²) in [7, 11) is 0. The monoisotopic (exact) mass is 418 g/mol.